The molecule has 2 N–H and O–H groups in total. The van der Waals surface area contributed by atoms with Crippen molar-refractivity contribution < 1.29 is 13.2 Å². The molecule has 0 unspecified atom stereocenters. The lowest BCUT2D eigenvalue weighted by Gasteiger charge is -2.33. The molecular formula is C25H28N6O3S. The molecule has 5 rings (SSSR count). The minimum absolute atomic E-state index is 0.0140. The Labute approximate surface area is 204 Å². The van der Waals surface area contributed by atoms with Gasteiger partial charge in [0, 0.05) is 49.9 Å². The summed E-state index contributed by atoms with van der Waals surface area (Å²) in [6.07, 6.45) is 4.63. The second kappa shape index (κ2) is 9.10. The number of nitrogens with two attached hydrogens (primary N) is 1. The summed E-state index contributed by atoms with van der Waals surface area (Å²) in [6, 6.07) is 19.4. The van der Waals surface area contributed by atoms with Crippen molar-refractivity contribution in [2.24, 2.45) is 0 Å². The molecule has 0 saturated carbocycles. The van der Waals surface area contributed by atoms with Crippen molar-refractivity contribution in [3.8, 4) is 17.3 Å². The zero-order valence-corrected chi connectivity index (χ0v) is 20.5. The van der Waals surface area contributed by atoms with E-state index >= 15 is 0 Å². The van der Waals surface area contributed by atoms with Crippen LogP contribution in [-0.2, 0) is 10.0 Å². The number of ether oxygens (including phenoxy) is 1. The van der Waals surface area contributed by atoms with E-state index in [1.807, 2.05) is 54.6 Å². The predicted octanol–water partition coefficient (Wildman–Crippen LogP) is 3.42. The largest absolute Gasteiger partial charge is 0.459 e. The van der Waals surface area contributed by atoms with Gasteiger partial charge in [0.1, 0.15) is 6.10 Å². The van der Waals surface area contributed by atoms with Crippen molar-refractivity contribution in [1.82, 2.24) is 14.6 Å². The van der Waals surface area contributed by atoms with Gasteiger partial charge in [-0.15, -0.1) is 5.10 Å². The molecule has 9 nitrogen and oxygen atoms in total. The van der Waals surface area contributed by atoms with E-state index in [-0.39, 0.29) is 6.10 Å². The lowest BCUT2D eigenvalue weighted by molar-refractivity contribution is 0.154. The number of nitrogens with zero attached hydrogens (tertiary/aromatic N) is 5. The van der Waals surface area contributed by atoms with Crippen molar-refractivity contribution in [3.05, 3.63) is 66.9 Å². The zero-order chi connectivity index (χ0) is 24.6. The molecule has 0 bridgehead atoms. The molecule has 3 heterocycles. The maximum absolute atomic E-state index is 12.2. The molecule has 1 saturated heterocycles. The Bertz CT molecular complexity index is 1440. The number of hydrogen-bond donors (Lipinski definition) is 1. The average molecular weight is 493 g/mol. The minimum Gasteiger partial charge on any atom is -0.459 e. The number of para-hydroxylation sites is 1. The number of fused-ring (bicyclic) bond motifs is 1. The molecule has 1 aliphatic heterocycles. The van der Waals surface area contributed by atoms with Gasteiger partial charge in [0.05, 0.1) is 29.4 Å². The second-order valence-corrected chi connectivity index (χ2v) is 10.8. The number of aromatic nitrogens is 3. The maximum atomic E-state index is 12.2. The predicted molar refractivity (Wildman–Crippen MR) is 138 cm³/mol. The highest BCUT2D eigenvalue weighted by Crippen LogP contribution is 2.32. The van der Waals surface area contributed by atoms with Gasteiger partial charge in [-0.1, -0.05) is 18.2 Å². The van der Waals surface area contributed by atoms with Gasteiger partial charge in [0.2, 0.25) is 10.0 Å². The molecule has 1 aliphatic rings. The Hall–Kier alpha value is -3.79. The van der Waals surface area contributed by atoms with E-state index in [0.29, 0.717) is 11.7 Å². The van der Waals surface area contributed by atoms with Gasteiger partial charge in [-0.3, -0.25) is 4.31 Å². The molecule has 2 aromatic heterocycles. The van der Waals surface area contributed by atoms with Crippen LogP contribution in [-0.4, -0.2) is 55.5 Å². The topological polar surface area (TPSA) is 106 Å². The van der Waals surface area contributed by atoms with Crippen LogP contribution in [0.3, 0.4) is 0 Å². The fourth-order valence-corrected chi connectivity index (χ4v) is 4.87. The molecule has 4 aromatic rings. The van der Waals surface area contributed by atoms with Crippen LogP contribution in [0.2, 0.25) is 0 Å². The molecule has 1 fully saturated rings. The van der Waals surface area contributed by atoms with Crippen LogP contribution >= 0.6 is 0 Å². The van der Waals surface area contributed by atoms with Crippen LogP contribution in [0.5, 0.6) is 6.01 Å². The number of anilines is 3. The Morgan fingerprint density at radius 2 is 1.74 bits per heavy atom. The SMILES string of the molecule is CN(c1ccccc1-c1ccc2cnc(OC3CCN(c4ccc(N)cc4)CC3)nn12)S(C)(=O)=O. The van der Waals surface area contributed by atoms with Gasteiger partial charge in [-0.2, -0.15) is 0 Å². The summed E-state index contributed by atoms with van der Waals surface area (Å²) in [5, 5.41) is 4.64. The third-order valence-electron chi connectivity index (χ3n) is 6.37. The van der Waals surface area contributed by atoms with Crippen LogP contribution in [0, 0.1) is 0 Å². The Balaban J connectivity index is 1.36. The fraction of sp³-hybridized carbons (Fsp3) is 0.280. The van der Waals surface area contributed by atoms with E-state index in [0.717, 1.165) is 54.1 Å². The lowest BCUT2D eigenvalue weighted by atomic mass is 10.1. The molecule has 0 aliphatic carbocycles. The maximum Gasteiger partial charge on any atom is 0.334 e. The summed E-state index contributed by atoms with van der Waals surface area (Å²) in [5.74, 6) is 0. The first kappa shape index (κ1) is 23.0. The Kier molecular flexibility index (Phi) is 5.98. The van der Waals surface area contributed by atoms with Crippen molar-refractivity contribution in [1.29, 1.82) is 0 Å². The molecule has 10 heteroatoms. The first-order valence-electron chi connectivity index (χ1n) is 11.4. The number of nitrogen functional groups attached to an aromatic ring is 1. The highest BCUT2D eigenvalue weighted by Gasteiger charge is 2.23. The van der Waals surface area contributed by atoms with E-state index in [1.165, 1.54) is 10.6 Å². The summed E-state index contributed by atoms with van der Waals surface area (Å²) in [4.78, 5) is 6.73. The highest BCUT2D eigenvalue weighted by atomic mass is 32.2. The summed E-state index contributed by atoms with van der Waals surface area (Å²) in [6.45, 7) is 1.74. The molecule has 0 radical (unpaired) electrons. The van der Waals surface area contributed by atoms with Crippen LogP contribution < -0.4 is 19.7 Å². The van der Waals surface area contributed by atoms with E-state index in [9.17, 15) is 8.42 Å². The van der Waals surface area contributed by atoms with Crippen LogP contribution in [0.4, 0.5) is 17.1 Å². The van der Waals surface area contributed by atoms with Crippen molar-refractivity contribution in [2.75, 3.05) is 41.3 Å². The van der Waals surface area contributed by atoms with Gasteiger partial charge >= 0.3 is 6.01 Å². The molecule has 0 spiro atoms. The molecule has 182 valence electrons. The lowest BCUT2D eigenvalue weighted by Crippen LogP contribution is -2.38. The second-order valence-electron chi connectivity index (χ2n) is 8.74. The number of rotatable bonds is 6. The summed E-state index contributed by atoms with van der Waals surface area (Å²) < 4.78 is 33.6. The molecule has 0 atom stereocenters. The molecular weight excluding hydrogens is 464 g/mol. The number of sulfonamides is 1. The highest BCUT2D eigenvalue weighted by molar-refractivity contribution is 7.92. The van der Waals surface area contributed by atoms with E-state index in [2.05, 4.69) is 15.0 Å². The molecule has 2 aromatic carbocycles. The quantitative estimate of drug-likeness (QED) is 0.411. The van der Waals surface area contributed by atoms with Gasteiger partial charge in [0.25, 0.3) is 0 Å². The Morgan fingerprint density at radius 1 is 1.03 bits per heavy atom. The summed E-state index contributed by atoms with van der Waals surface area (Å²) in [7, 11) is -1.87. The normalized spacial score (nSPS) is 14.9. The standard InChI is InChI=1S/C25H28N6O3S/c1-29(35(2,32)33)23-6-4-3-5-22(23)24-12-11-20-17-27-25(28-31(20)24)34-21-13-15-30(16-14-21)19-9-7-18(26)8-10-19/h3-12,17,21H,13-16,26H2,1-2H3. The first-order valence-corrected chi connectivity index (χ1v) is 13.3. The van der Waals surface area contributed by atoms with E-state index in [4.69, 9.17) is 10.5 Å². The van der Waals surface area contributed by atoms with Gasteiger partial charge in [-0.05, 0) is 42.5 Å². The smallest absolute Gasteiger partial charge is 0.334 e. The van der Waals surface area contributed by atoms with Crippen molar-refractivity contribution in [2.45, 2.75) is 18.9 Å². The van der Waals surface area contributed by atoms with E-state index in [1.54, 1.807) is 23.8 Å². The number of benzene rings is 2. The van der Waals surface area contributed by atoms with E-state index < -0.39 is 10.0 Å². The monoisotopic (exact) mass is 492 g/mol. The van der Waals surface area contributed by atoms with Crippen LogP contribution in [0.1, 0.15) is 12.8 Å². The molecule has 35 heavy (non-hydrogen) atoms. The van der Waals surface area contributed by atoms with Crippen LogP contribution in [0.15, 0.2) is 66.9 Å². The van der Waals surface area contributed by atoms with Crippen molar-refractivity contribution >= 4 is 32.6 Å². The summed E-state index contributed by atoms with van der Waals surface area (Å²) in [5.41, 5.74) is 10.6. The number of hydrogen-bond acceptors (Lipinski definition) is 7. The van der Waals surface area contributed by atoms with Crippen LogP contribution in [0.25, 0.3) is 16.8 Å². The third-order valence-corrected chi connectivity index (χ3v) is 7.56. The zero-order valence-electron chi connectivity index (χ0n) is 19.7. The van der Waals surface area contributed by atoms with Gasteiger partial charge in [-0.25, -0.2) is 17.9 Å². The van der Waals surface area contributed by atoms with Gasteiger partial charge < -0.3 is 15.4 Å². The van der Waals surface area contributed by atoms with Gasteiger partial charge in [0.15, 0.2) is 0 Å². The molecule has 0 amide bonds. The Morgan fingerprint density at radius 3 is 2.46 bits per heavy atom. The number of piperidine rings is 1. The first-order chi connectivity index (χ1) is 16.8. The fourth-order valence-electron chi connectivity index (χ4n) is 4.35. The average Bonchev–Trinajstić information content (AvgIpc) is 3.27. The van der Waals surface area contributed by atoms with Crippen molar-refractivity contribution in [3.63, 3.8) is 0 Å². The summed E-state index contributed by atoms with van der Waals surface area (Å²) >= 11 is 0. The third kappa shape index (κ3) is 4.74. The minimum atomic E-state index is -3.42.